The number of pyridine rings is 1. The Morgan fingerprint density at radius 1 is 1.25 bits per heavy atom. The minimum atomic E-state index is -0.837. The van der Waals surface area contributed by atoms with Gasteiger partial charge in [-0.1, -0.05) is 24.3 Å². The second-order valence-electron chi connectivity index (χ2n) is 4.98. The van der Waals surface area contributed by atoms with E-state index in [1.807, 2.05) is 24.3 Å². The Balaban J connectivity index is 1.92. The maximum Gasteiger partial charge on any atom is 0.308 e. The van der Waals surface area contributed by atoms with E-state index in [-0.39, 0.29) is 12.5 Å². The Morgan fingerprint density at radius 2 is 2.05 bits per heavy atom. The second-order valence-corrected chi connectivity index (χ2v) is 4.98. The van der Waals surface area contributed by atoms with Gasteiger partial charge in [0.05, 0.1) is 11.5 Å². The molecule has 2 aromatic rings. The van der Waals surface area contributed by atoms with E-state index in [2.05, 4.69) is 4.98 Å². The van der Waals surface area contributed by atoms with Crippen molar-refractivity contribution in [2.75, 3.05) is 13.1 Å². The number of aliphatic carboxylic acids is 1. The van der Waals surface area contributed by atoms with Crippen molar-refractivity contribution in [3.63, 3.8) is 0 Å². The van der Waals surface area contributed by atoms with Crippen molar-refractivity contribution >= 4 is 22.6 Å². The summed E-state index contributed by atoms with van der Waals surface area (Å²) in [4.78, 5) is 29.2. The minimum Gasteiger partial charge on any atom is -0.481 e. The molecular weight excluding hydrogens is 256 g/mol. The van der Waals surface area contributed by atoms with Gasteiger partial charge in [-0.05, 0) is 11.8 Å². The highest BCUT2D eigenvalue weighted by Crippen LogP contribution is 2.23. The van der Waals surface area contributed by atoms with E-state index >= 15 is 0 Å². The molecule has 1 saturated heterocycles. The average Bonchev–Trinajstić information content (AvgIpc) is 2.96. The molecule has 2 heterocycles. The van der Waals surface area contributed by atoms with Crippen molar-refractivity contribution < 1.29 is 14.7 Å². The van der Waals surface area contributed by atoms with Crippen LogP contribution in [0.5, 0.6) is 0 Å². The van der Waals surface area contributed by atoms with Crippen LogP contribution in [0.1, 0.15) is 16.8 Å². The molecule has 1 aliphatic heterocycles. The van der Waals surface area contributed by atoms with Gasteiger partial charge in [-0.3, -0.25) is 14.6 Å². The standard InChI is InChI=1S/C15H14N2O3/c18-14(17-6-5-11(9-17)15(19)20)13-8-16-7-10-3-1-2-4-12(10)13/h1-4,7-8,11H,5-6,9H2,(H,19,20). The molecule has 3 rings (SSSR count). The van der Waals surface area contributed by atoms with Crippen LogP contribution in [0.4, 0.5) is 0 Å². The predicted octanol–water partition coefficient (Wildman–Crippen LogP) is 1.78. The van der Waals surface area contributed by atoms with Gasteiger partial charge in [0.15, 0.2) is 0 Å². The molecule has 1 N–H and O–H groups in total. The largest absolute Gasteiger partial charge is 0.481 e. The highest BCUT2D eigenvalue weighted by molar-refractivity contribution is 6.06. The molecule has 20 heavy (non-hydrogen) atoms. The van der Waals surface area contributed by atoms with Gasteiger partial charge in [-0.2, -0.15) is 0 Å². The summed E-state index contributed by atoms with van der Waals surface area (Å²) >= 11 is 0. The number of fused-ring (bicyclic) bond motifs is 1. The van der Waals surface area contributed by atoms with Crippen molar-refractivity contribution in [3.8, 4) is 0 Å². The summed E-state index contributed by atoms with van der Waals surface area (Å²) in [5, 5.41) is 10.8. The molecule has 1 aliphatic rings. The maximum absolute atomic E-state index is 12.5. The smallest absolute Gasteiger partial charge is 0.308 e. The highest BCUT2D eigenvalue weighted by Gasteiger charge is 2.31. The molecule has 102 valence electrons. The molecule has 1 aromatic carbocycles. The summed E-state index contributed by atoms with van der Waals surface area (Å²) in [6, 6.07) is 7.57. The fourth-order valence-electron chi connectivity index (χ4n) is 2.60. The molecule has 1 amide bonds. The first-order valence-corrected chi connectivity index (χ1v) is 6.51. The van der Waals surface area contributed by atoms with Crippen LogP contribution < -0.4 is 0 Å². The third kappa shape index (κ3) is 2.11. The van der Waals surface area contributed by atoms with Gasteiger partial charge >= 0.3 is 5.97 Å². The predicted molar refractivity (Wildman–Crippen MR) is 73.4 cm³/mol. The molecule has 5 heteroatoms. The van der Waals surface area contributed by atoms with Gasteiger partial charge in [-0.15, -0.1) is 0 Å². The Morgan fingerprint density at radius 3 is 2.80 bits per heavy atom. The highest BCUT2D eigenvalue weighted by atomic mass is 16.4. The van der Waals surface area contributed by atoms with Crippen molar-refractivity contribution in [3.05, 3.63) is 42.2 Å². The van der Waals surface area contributed by atoms with Gasteiger partial charge in [0.2, 0.25) is 0 Å². The summed E-state index contributed by atoms with van der Waals surface area (Å²) in [6.45, 7) is 0.760. The number of nitrogens with zero attached hydrogens (tertiary/aromatic N) is 2. The van der Waals surface area contributed by atoms with Crippen LogP contribution in [-0.2, 0) is 4.79 Å². The van der Waals surface area contributed by atoms with E-state index < -0.39 is 11.9 Å². The fraction of sp³-hybridized carbons (Fsp3) is 0.267. The molecule has 5 nitrogen and oxygen atoms in total. The van der Waals surface area contributed by atoms with E-state index in [1.165, 1.54) is 0 Å². The summed E-state index contributed by atoms with van der Waals surface area (Å²) < 4.78 is 0. The van der Waals surface area contributed by atoms with Gasteiger partial charge < -0.3 is 10.0 Å². The van der Waals surface area contributed by atoms with Crippen LogP contribution in [-0.4, -0.2) is 40.0 Å². The molecule has 1 unspecified atom stereocenters. The zero-order chi connectivity index (χ0) is 14.1. The second kappa shape index (κ2) is 4.92. The lowest BCUT2D eigenvalue weighted by atomic mass is 10.1. The van der Waals surface area contributed by atoms with Crippen LogP contribution in [0, 0.1) is 5.92 Å². The monoisotopic (exact) mass is 270 g/mol. The first-order chi connectivity index (χ1) is 9.66. The Hall–Kier alpha value is -2.43. The lowest BCUT2D eigenvalue weighted by molar-refractivity contribution is -0.141. The average molecular weight is 270 g/mol. The molecule has 1 fully saturated rings. The third-order valence-electron chi connectivity index (χ3n) is 3.72. The molecule has 0 aliphatic carbocycles. The van der Waals surface area contributed by atoms with Crippen molar-refractivity contribution in [2.24, 2.45) is 5.92 Å². The number of likely N-dealkylation sites (tertiary alicyclic amines) is 1. The summed E-state index contributed by atoms with van der Waals surface area (Å²) in [5.41, 5.74) is 0.536. The minimum absolute atomic E-state index is 0.141. The number of carbonyl (C=O) groups is 2. The molecule has 0 bridgehead atoms. The van der Waals surface area contributed by atoms with E-state index in [0.717, 1.165) is 10.8 Å². The number of hydrogen-bond donors (Lipinski definition) is 1. The molecule has 0 radical (unpaired) electrons. The SMILES string of the molecule is O=C(O)C1CCN(C(=O)c2cncc3ccccc23)C1. The number of benzene rings is 1. The van der Waals surface area contributed by atoms with Crippen LogP contribution in [0.25, 0.3) is 10.8 Å². The number of amides is 1. The third-order valence-corrected chi connectivity index (χ3v) is 3.72. The van der Waals surface area contributed by atoms with Crippen molar-refractivity contribution in [1.82, 2.24) is 9.88 Å². The maximum atomic E-state index is 12.5. The van der Waals surface area contributed by atoms with E-state index in [0.29, 0.717) is 18.5 Å². The molecule has 0 saturated carbocycles. The number of carboxylic acid groups (broad SMARTS) is 1. The number of hydrogen-bond acceptors (Lipinski definition) is 3. The van der Waals surface area contributed by atoms with Crippen molar-refractivity contribution in [1.29, 1.82) is 0 Å². The van der Waals surface area contributed by atoms with Gasteiger partial charge in [-0.25, -0.2) is 0 Å². The van der Waals surface area contributed by atoms with Gasteiger partial charge in [0.25, 0.3) is 5.91 Å². The first kappa shape index (κ1) is 12.6. The number of rotatable bonds is 2. The normalized spacial score (nSPS) is 18.4. The summed E-state index contributed by atoms with van der Waals surface area (Å²) in [7, 11) is 0. The first-order valence-electron chi connectivity index (χ1n) is 6.51. The lowest BCUT2D eigenvalue weighted by Crippen LogP contribution is -2.30. The Labute approximate surface area is 115 Å². The van der Waals surface area contributed by atoms with Gasteiger partial charge in [0.1, 0.15) is 0 Å². The lowest BCUT2D eigenvalue weighted by Gasteiger charge is -2.16. The Kier molecular flexibility index (Phi) is 3.10. The summed E-state index contributed by atoms with van der Waals surface area (Å²) in [5.74, 6) is -1.43. The number of carboxylic acids is 1. The van der Waals surface area contributed by atoms with Crippen molar-refractivity contribution in [2.45, 2.75) is 6.42 Å². The van der Waals surface area contributed by atoms with E-state index in [9.17, 15) is 9.59 Å². The number of carbonyl (C=O) groups excluding carboxylic acids is 1. The topological polar surface area (TPSA) is 70.5 Å². The fourth-order valence-corrected chi connectivity index (χ4v) is 2.60. The van der Waals surface area contributed by atoms with Gasteiger partial charge in [0, 0.05) is 30.9 Å². The van der Waals surface area contributed by atoms with Crippen LogP contribution in [0.15, 0.2) is 36.7 Å². The number of aromatic nitrogens is 1. The van der Waals surface area contributed by atoms with E-state index in [1.54, 1.807) is 17.3 Å². The molecule has 0 spiro atoms. The molecular formula is C15H14N2O3. The quantitative estimate of drug-likeness (QED) is 0.903. The zero-order valence-electron chi connectivity index (χ0n) is 10.8. The summed E-state index contributed by atoms with van der Waals surface area (Å²) in [6.07, 6.45) is 3.79. The Bertz CT molecular complexity index is 678. The van der Waals surface area contributed by atoms with E-state index in [4.69, 9.17) is 5.11 Å². The molecule has 1 atom stereocenters. The van der Waals surface area contributed by atoms with Crippen LogP contribution in [0.2, 0.25) is 0 Å². The molecule has 1 aromatic heterocycles. The zero-order valence-corrected chi connectivity index (χ0v) is 10.8. The van der Waals surface area contributed by atoms with Crippen LogP contribution in [0.3, 0.4) is 0 Å². The van der Waals surface area contributed by atoms with Crippen LogP contribution >= 0.6 is 0 Å².